The molecule has 0 atom stereocenters. The standard InChI is InChI=1S/C18H19N3O4S2/c1-12-8-15(27(23,24)21(2)3)5-6-16(12)25-11-18(22)20-14-4-7-17-13(9-14)10-19-26-17/h4-10H,11H2,1-3H3,(H,20,22). The lowest BCUT2D eigenvalue weighted by molar-refractivity contribution is -0.118. The van der Waals surface area contributed by atoms with Crippen molar-refractivity contribution in [1.29, 1.82) is 0 Å². The van der Waals surface area contributed by atoms with Crippen LogP contribution in [0, 0.1) is 6.92 Å². The molecular weight excluding hydrogens is 386 g/mol. The Bertz CT molecular complexity index is 1090. The van der Waals surface area contributed by atoms with Crippen LogP contribution in [0.5, 0.6) is 5.75 Å². The second-order valence-corrected chi connectivity index (χ2v) is 9.12. The number of carbonyl (C=O) groups excluding carboxylic acids is 1. The molecule has 142 valence electrons. The smallest absolute Gasteiger partial charge is 0.262 e. The Balaban J connectivity index is 1.64. The first-order valence-electron chi connectivity index (χ1n) is 8.07. The molecule has 27 heavy (non-hydrogen) atoms. The largest absolute Gasteiger partial charge is 0.483 e. The van der Waals surface area contributed by atoms with Crippen LogP contribution >= 0.6 is 11.5 Å². The average Bonchev–Trinajstić information content (AvgIpc) is 3.08. The Morgan fingerprint density at radius 1 is 1.22 bits per heavy atom. The number of nitrogens with zero attached hydrogens (tertiary/aromatic N) is 2. The predicted octanol–water partition coefficient (Wildman–Crippen LogP) is 2.87. The van der Waals surface area contributed by atoms with Crippen molar-refractivity contribution in [2.45, 2.75) is 11.8 Å². The van der Waals surface area contributed by atoms with Gasteiger partial charge in [-0.15, -0.1) is 0 Å². The zero-order valence-corrected chi connectivity index (χ0v) is 16.7. The van der Waals surface area contributed by atoms with Crippen LogP contribution in [0.25, 0.3) is 10.1 Å². The maximum Gasteiger partial charge on any atom is 0.262 e. The highest BCUT2D eigenvalue weighted by atomic mass is 32.2. The molecule has 0 fully saturated rings. The summed E-state index contributed by atoms with van der Waals surface area (Å²) in [6.45, 7) is 1.56. The number of anilines is 1. The fourth-order valence-corrected chi connectivity index (χ4v) is 4.06. The van der Waals surface area contributed by atoms with Gasteiger partial charge in [0.15, 0.2) is 6.61 Å². The minimum Gasteiger partial charge on any atom is -0.483 e. The molecule has 0 unspecified atom stereocenters. The summed E-state index contributed by atoms with van der Waals surface area (Å²) in [4.78, 5) is 12.3. The number of ether oxygens (including phenoxy) is 1. The van der Waals surface area contributed by atoms with Crippen molar-refractivity contribution in [3.8, 4) is 5.75 Å². The molecule has 1 N–H and O–H groups in total. The summed E-state index contributed by atoms with van der Waals surface area (Å²) in [5.41, 5.74) is 1.30. The topological polar surface area (TPSA) is 88.6 Å². The molecule has 0 aliphatic rings. The van der Waals surface area contributed by atoms with Crippen LogP contribution in [-0.2, 0) is 14.8 Å². The van der Waals surface area contributed by atoms with Crippen molar-refractivity contribution in [3.63, 3.8) is 0 Å². The van der Waals surface area contributed by atoms with Crippen molar-refractivity contribution < 1.29 is 17.9 Å². The Morgan fingerprint density at radius 3 is 2.70 bits per heavy atom. The van der Waals surface area contributed by atoms with Gasteiger partial charge >= 0.3 is 0 Å². The van der Waals surface area contributed by atoms with E-state index < -0.39 is 10.0 Å². The maximum absolute atomic E-state index is 12.2. The normalized spacial score (nSPS) is 11.7. The van der Waals surface area contributed by atoms with Gasteiger partial charge in [0.2, 0.25) is 10.0 Å². The number of aryl methyl sites for hydroxylation is 1. The van der Waals surface area contributed by atoms with Crippen molar-refractivity contribution in [3.05, 3.63) is 48.2 Å². The van der Waals surface area contributed by atoms with E-state index in [2.05, 4.69) is 9.69 Å². The first-order valence-corrected chi connectivity index (χ1v) is 10.3. The van der Waals surface area contributed by atoms with Gasteiger partial charge in [-0.2, -0.15) is 4.37 Å². The van der Waals surface area contributed by atoms with Crippen LogP contribution in [0.4, 0.5) is 5.69 Å². The molecule has 1 aromatic heterocycles. The van der Waals surface area contributed by atoms with E-state index in [1.54, 1.807) is 19.2 Å². The Morgan fingerprint density at radius 2 is 2.00 bits per heavy atom. The lowest BCUT2D eigenvalue weighted by Crippen LogP contribution is -2.22. The predicted molar refractivity (Wildman–Crippen MR) is 106 cm³/mol. The minimum absolute atomic E-state index is 0.180. The highest BCUT2D eigenvalue weighted by Gasteiger charge is 2.18. The van der Waals surface area contributed by atoms with E-state index in [1.165, 1.54) is 37.8 Å². The summed E-state index contributed by atoms with van der Waals surface area (Å²) in [6.07, 6.45) is 1.75. The second kappa shape index (κ2) is 7.63. The second-order valence-electron chi connectivity index (χ2n) is 6.13. The van der Waals surface area contributed by atoms with Gasteiger partial charge in [0.05, 0.1) is 9.60 Å². The summed E-state index contributed by atoms with van der Waals surface area (Å²) in [5.74, 6) is 0.155. The SMILES string of the molecule is Cc1cc(S(=O)(=O)N(C)C)ccc1OCC(=O)Nc1ccc2sncc2c1. The Kier molecular flexibility index (Phi) is 5.45. The van der Waals surface area contributed by atoms with Gasteiger partial charge in [-0.25, -0.2) is 12.7 Å². The van der Waals surface area contributed by atoms with Crippen molar-refractivity contribution >= 4 is 43.2 Å². The molecule has 1 amide bonds. The fourth-order valence-electron chi connectivity index (χ4n) is 2.45. The quantitative estimate of drug-likeness (QED) is 0.681. The Hall–Kier alpha value is -2.49. The molecule has 0 saturated carbocycles. The minimum atomic E-state index is -3.51. The molecule has 0 radical (unpaired) electrons. The molecular formula is C18H19N3O4S2. The molecule has 3 rings (SSSR count). The van der Waals surface area contributed by atoms with Crippen LogP contribution in [0.15, 0.2) is 47.5 Å². The molecule has 7 nitrogen and oxygen atoms in total. The number of benzene rings is 2. The van der Waals surface area contributed by atoms with Crippen LogP contribution in [0.2, 0.25) is 0 Å². The van der Waals surface area contributed by atoms with E-state index in [0.29, 0.717) is 17.0 Å². The summed E-state index contributed by atoms with van der Waals surface area (Å²) < 4.78 is 36.1. The summed E-state index contributed by atoms with van der Waals surface area (Å²) in [7, 11) is -0.557. The molecule has 0 aliphatic carbocycles. The molecule has 2 aromatic carbocycles. The van der Waals surface area contributed by atoms with Gasteiger partial charge in [0.25, 0.3) is 5.91 Å². The van der Waals surface area contributed by atoms with Gasteiger partial charge in [0, 0.05) is 31.4 Å². The fraction of sp³-hybridized carbons (Fsp3) is 0.222. The number of nitrogens with one attached hydrogen (secondary N) is 1. The van der Waals surface area contributed by atoms with Crippen molar-refractivity contribution in [2.75, 3.05) is 26.0 Å². The lowest BCUT2D eigenvalue weighted by Gasteiger charge is -2.14. The van der Waals surface area contributed by atoms with Crippen LogP contribution in [-0.4, -0.2) is 43.7 Å². The number of amides is 1. The average molecular weight is 406 g/mol. The summed E-state index contributed by atoms with van der Waals surface area (Å²) in [5, 5.41) is 3.74. The van der Waals surface area contributed by atoms with Crippen molar-refractivity contribution in [1.82, 2.24) is 8.68 Å². The molecule has 0 spiro atoms. The molecule has 0 aliphatic heterocycles. The zero-order chi connectivity index (χ0) is 19.6. The van der Waals surface area contributed by atoms with E-state index in [-0.39, 0.29) is 17.4 Å². The molecule has 0 bridgehead atoms. The van der Waals surface area contributed by atoms with Crippen LogP contribution in [0.3, 0.4) is 0 Å². The maximum atomic E-state index is 12.2. The third kappa shape index (κ3) is 4.26. The van der Waals surface area contributed by atoms with E-state index in [0.717, 1.165) is 14.4 Å². The molecule has 9 heteroatoms. The van der Waals surface area contributed by atoms with Gasteiger partial charge in [-0.05, 0) is 60.4 Å². The number of fused-ring (bicyclic) bond motifs is 1. The number of carbonyl (C=O) groups is 1. The summed E-state index contributed by atoms with van der Waals surface area (Å²) >= 11 is 1.40. The number of aromatic nitrogens is 1. The summed E-state index contributed by atoms with van der Waals surface area (Å²) in [6, 6.07) is 10.1. The number of rotatable bonds is 6. The Labute approximate surface area is 161 Å². The van der Waals surface area contributed by atoms with Crippen molar-refractivity contribution in [2.24, 2.45) is 0 Å². The van der Waals surface area contributed by atoms with Gasteiger partial charge in [0.1, 0.15) is 5.75 Å². The van der Waals surface area contributed by atoms with Gasteiger partial charge in [-0.1, -0.05) is 0 Å². The third-order valence-corrected chi connectivity index (χ3v) is 6.51. The first-order chi connectivity index (χ1) is 12.8. The number of hydrogen-bond acceptors (Lipinski definition) is 6. The van der Waals surface area contributed by atoms with E-state index in [4.69, 9.17) is 4.74 Å². The zero-order valence-electron chi connectivity index (χ0n) is 15.1. The van der Waals surface area contributed by atoms with Crippen LogP contribution < -0.4 is 10.1 Å². The highest BCUT2D eigenvalue weighted by Crippen LogP contribution is 2.24. The molecule has 3 aromatic rings. The van der Waals surface area contributed by atoms with E-state index >= 15 is 0 Å². The van der Waals surface area contributed by atoms with E-state index in [9.17, 15) is 13.2 Å². The van der Waals surface area contributed by atoms with Crippen LogP contribution in [0.1, 0.15) is 5.56 Å². The van der Waals surface area contributed by atoms with Gasteiger partial charge in [-0.3, -0.25) is 4.79 Å². The van der Waals surface area contributed by atoms with Gasteiger partial charge < -0.3 is 10.1 Å². The lowest BCUT2D eigenvalue weighted by atomic mass is 10.2. The molecule has 1 heterocycles. The number of hydrogen-bond donors (Lipinski definition) is 1. The first kappa shape index (κ1) is 19.3. The number of sulfonamides is 1. The molecule has 0 saturated heterocycles. The third-order valence-electron chi connectivity index (χ3n) is 3.92. The van der Waals surface area contributed by atoms with E-state index in [1.807, 2.05) is 18.2 Å². The monoisotopic (exact) mass is 405 g/mol. The highest BCUT2D eigenvalue weighted by molar-refractivity contribution is 7.89.